The summed E-state index contributed by atoms with van der Waals surface area (Å²) in [6, 6.07) is 10.0. The van der Waals surface area contributed by atoms with E-state index >= 15 is 0 Å². The monoisotopic (exact) mass is 488 g/mol. The lowest BCUT2D eigenvalue weighted by atomic mass is 9.96. The largest absolute Gasteiger partial charge is 0.506 e. The Kier molecular flexibility index (Phi) is 5.74. The molecule has 2 aliphatic rings. The molecule has 36 heavy (non-hydrogen) atoms. The van der Waals surface area contributed by atoms with Crippen molar-refractivity contribution in [2.75, 3.05) is 17.2 Å². The van der Waals surface area contributed by atoms with E-state index < -0.39 is 11.8 Å². The minimum absolute atomic E-state index is 0.0554. The molecule has 1 aliphatic carbocycles. The molecule has 186 valence electrons. The lowest BCUT2D eigenvalue weighted by Crippen LogP contribution is -2.38. The summed E-state index contributed by atoms with van der Waals surface area (Å²) in [6.07, 6.45) is 5.40. The number of nitrogens with zero attached hydrogens (tertiary/aromatic N) is 3. The van der Waals surface area contributed by atoms with Gasteiger partial charge in [-0.2, -0.15) is 5.26 Å². The molecule has 8 nitrogen and oxygen atoms in total. The first-order chi connectivity index (χ1) is 17.6. The number of nitrogens with one attached hydrogen (secondary N) is 4. The average molecular weight is 489 g/mol. The molecule has 9 heteroatoms. The molecule has 0 radical (unpaired) electrons. The maximum absolute atomic E-state index is 13.7. The summed E-state index contributed by atoms with van der Waals surface area (Å²) >= 11 is 0. The van der Waals surface area contributed by atoms with Crippen LogP contribution in [0.4, 0.5) is 15.8 Å². The van der Waals surface area contributed by atoms with Crippen LogP contribution in [0.15, 0.2) is 54.5 Å². The fourth-order valence-electron chi connectivity index (χ4n) is 4.05. The highest BCUT2D eigenvalue weighted by molar-refractivity contribution is 5.99. The molecule has 2 aromatic carbocycles. The van der Waals surface area contributed by atoms with Crippen LogP contribution in [0.2, 0.25) is 0 Å². The van der Waals surface area contributed by atoms with Crippen LogP contribution >= 0.6 is 0 Å². The second-order valence-corrected chi connectivity index (χ2v) is 10.4. The van der Waals surface area contributed by atoms with Gasteiger partial charge in [-0.05, 0) is 42.0 Å². The number of rotatable bonds is 7. The summed E-state index contributed by atoms with van der Waals surface area (Å²) in [6.45, 7) is 6.84. The normalized spacial score (nSPS) is 17.6. The zero-order valence-corrected chi connectivity index (χ0v) is 20.5. The molecule has 1 unspecified atom stereocenters. The van der Waals surface area contributed by atoms with Gasteiger partial charge >= 0.3 is 0 Å². The van der Waals surface area contributed by atoms with Gasteiger partial charge in [-0.25, -0.2) is 4.39 Å². The smallest absolute Gasteiger partial charge is 0.143 e. The lowest BCUT2D eigenvalue weighted by Gasteiger charge is -2.23. The van der Waals surface area contributed by atoms with Gasteiger partial charge in [0.05, 0.1) is 24.3 Å². The molecule has 1 aliphatic heterocycles. The number of hydrogen-bond donors (Lipinski definition) is 5. The maximum Gasteiger partial charge on any atom is 0.143 e. The van der Waals surface area contributed by atoms with Crippen molar-refractivity contribution >= 4 is 22.3 Å². The van der Waals surface area contributed by atoms with Crippen LogP contribution in [0.5, 0.6) is 5.75 Å². The molecule has 5 N–H and O–H groups in total. The van der Waals surface area contributed by atoms with Gasteiger partial charge in [0.15, 0.2) is 0 Å². The van der Waals surface area contributed by atoms with Crippen molar-refractivity contribution in [3.8, 4) is 11.8 Å². The number of pyridine rings is 1. The number of benzene rings is 2. The molecule has 1 saturated carbocycles. The van der Waals surface area contributed by atoms with Gasteiger partial charge in [-0.3, -0.25) is 9.99 Å². The van der Waals surface area contributed by atoms with Crippen LogP contribution in [0.1, 0.15) is 52.1 Å². The SMILES string of the molecule is [2H]C(Nc1cc(O)c2ncc(C#N)c(NCC(C)(C)C)c2c1)(C1=CN(C2CC2)NN1)c1ccc(F)cc1. The Labute approximate surface area is 211 Å². The maximum atomic E-state index is 13.7. The van der Waals surface area contributed by atoms with Gasteiger partial charge in [-0.1, -0.05) is 32.9 Å². The molecule has 0 bridgehead atoms. The van der Waals surface area contributed by atoms with Crippen molar-refractivity contribution < 1.29 is 10.9 Å². The fraction of sp³-hybridized carbons (Fsp3) is 0.333. The first kappa shape index (κ1) is 22.4. The molecule has 0 amide bonds. The number of nitriles is 1. The number of halogens is 1. The predicted octanol–water partition coefficient (Wildman–Crippen LogP) is 4.89. The van der Waals surface area contributed by atoms with E-state index in [9.17, 15) is 16.1 Å². The number of hydrogen-bond acceptors (Lipinski definition) is 8. The topological polar surface area (TPSA) is 108 Å². The second-order valence-electron chi connectivity index (χ2n) is 10.4. The van der Waals surface area contributed by atoms with Crippen LogP contribution in [-0.2, 0) is 0 Å². The van der Waals surface area contributed by atoms with Crippen LogP contribution in [0, 0.1) is 22.6 Å². The summed E-state index contributed by atoms with van der Waals surface area (Å²) in [5, 5.41) is 29.7. The molecule has 1 aromatic heterocycles. The van der Waals surface area contributed by atoms with Crippen LogP contribution in [0.3, 0.4) is 0 Å². The third kappa shape index (κ3) is 4.99. The number of phenols is 1. The Morgan fingerprint density at radius 2 is 2.06 bits per heavy atom. The molecule has 0 spiro atoms. The number of anilines is 2. The van der Waals surface area contributed by atoms with Crippen LogP contribution < -0.4 is 21.6 Å². The molecule has 5 rings (SSSR count). The molecular formula is C27H30FN7O. The second kappa shape index (κ2) is 9.21. The van der Waals surface area contributed by atoms with E-state index in [2.05, 4.69) is 53.4 Å². The first-order valence-electron chi connectivity index (χ1n) is 12.4. The van der Waals surface area contributed by atoms with Gasteiger partial charge in [0.1, 0.15) is 23.2 Å². The highest BCUT2D eigenvalue weighted by atomic mass is 19.1. The standard InChI is InChI=1S/C27H30FN7O/c1-27(2,3)15-31-24-17(12-29)13-30-26-21(24)10-19(11-23(26)36)32-25(16-4-6-18(28)7-5-16)22-14-35(34-33-22)20-8-9-20/h4-7,10-11,13-14,20,25,32-34,36H,8-9,15H2,1-3H3,(H,30,31)/i25D. The molecule has 1 atom stereocenters. The Morgan fingerprint density at radius 3 is 2.72 bits per heavy atom. The van der Waals surface area contributed by atoms with Crippen molar-refractivity contribution in [2.24, 2.45) is 5.41 Å². The summed E-state index contributed by atoms with van der Waals surface area (Å²) in [4.78, 5) is 4.31. The van der Waals surface area contributed by atoms with Crippen LogP contribution in [0.25, 0.3) is 10.9 Å². The highest BCUT2D eigenvalue weighted by Crippen LogP contribution is 2.37. The Hall–Kier alpha value is -4.03. The first-order valence-corrected chi connectivity index (χ1v) is 11.9. The summed E-state index contributed by atoms with van der Waals surface area (Å²) in [5.74, 6) is -0.485. The number of fused-ring (bicyclic) bond motifs is 1. The summed E-state index contributed by atoms with van der Waals surface area (Å²) in [5.41, 5.74) is 8.84. The van der Waals surface area contributed by atoms with Gasteiger partial charge in [0.2, 0.25) is 0 Å². The van der Waals surface area contributed by atoms with Crippen molar-refractivity contribution in [3.63, 3.8) is 0 Å². The molecule has 1 fully saturated rings. The van der Waals surface area contributed by atoms with Crippen molar-refractivity contribution in [1.82, 2.24) is 21.0 Å². The van der Waals surface area contributed by atoms with Gasteiger partial charge in [0.25, 0.3) is 0 Å². The van der Waals surface area contributed by atoms with Gasteiger partial charge < -0.3 is 21.2 Å². The minimum Gasteiger partial charge on any atom is -0.506 e. The van der Waals surface area contributed by atoms with E-state index in [0.29, 0.717) is 51.7 Å². The highest BCUT2D eigenvalue weighted by Gasteiger charge is 2.32. The summed E-state index contributed by atoms with van der Waals surface area (Å²) < 4.78 is 23.2. The van der Waals surface area contributed by atoms with Crippen molar-refractivity contribution in [3.05, 3.63) is 71.4 Å². The van der Waals surface area contributed by atoms with Gasteiger partial charge in [0, 0.05) is 42.1 Å². The van der Waals surface area contributed by atoms with E-state index in [-0.39, 0.29) is 11.2 Å². The number of aromatic hydroxyl groups is 1. The Morgan fingerprint density at radius 1 is 1.31 bits per heavy atom. The minimum atomic E-state index is -1.55. The van der Waals surface area contributed by atoms with E-state index in [1.165, 1.54) is 24.4 Å². The number of aromatic nitrogens is 1. The Balaban J connectivity index is 1.60. The molecular weight excluding hydrogens is 457 g/mol. The average Bonchev–Trinajstić information content (AvgIpc) is 3.58. The fourth-order valence-corrected chi connectivity index (χ4v) is 4.05. The van der Waals surface area contributed by atoms with E-state index in [1.807, 2.05) is 11.2 Å². The number of phenolic OH excluding ortho intramolecular Hbond substituents is 1. The molecule has 3 aromatic rings. The van der Waals surface area contributed by atoms with E-state index in [4.69, 9.17) is 0 Å². The third-order valence-corrected chi connectivity index (χ3v) is 6.07. The zero-order valence-electron chi connectivity index (χ0n) is 21.5. The molecule has 0 saturated heterocycles. The lowest BCUT2D eigenvalue weighted by molar-refractivity contribution is 0.260. The van der Waals surface area contributed by atoms with E-state index in [1.54, 1.807) is 18.2 Å². The van der Waals surface area contributed by atoms with E-state index in [0.717, 1.165) is 12.8 Å². The van der Waals surface area contributed by atoms with Crippen molar-refractivity contribution in [1.29, 1.82) is 5.26 Å². The Bertz CT molecular complexity index is 1410. The van der Waals surface area contributed by atoms with Gasteiger partial charge in [-0.15, -0.1) is 5.53 Å². The predicted molar refractivity (Wildman–Crippen MR) is 138 cm³/mol. The van der Waals surface area contributed by atoms with Crippen LogP contribution in [-0.4, -0.2) is 27.7 Å². The summed E-state index contributed by atoms with van der Waals surface area (Å²) in [7, 11) is 0. The quantitative estimate of drug-likeness (QED) is 0.320. The van der Waals surface area contributed by atoms with Crippen molar-refractivity contribution in [2.45, 2.75) is 45.7 Å². The third-order valence-electron chi connectivity index (χ3n) is 6.07. The molecule has 2 heterocycles. The number of hydrazine groups is 2. The zero-order chi connectivity index (χ0) is 26.4.